The topological polar surface area (TPSA) is 107 Å². The van der Waals surface area contributed by atoms with Crippen LogP contribution < -0.4 is 5.32 Å². The Hall–Kier alpha value is -1.79. The number of likely N-dealkylation sites (tertiary alicyclic amines) is 1. The number of hydrogen-bond acceptors (Lipinski definition) is 3. The molecule has 0 radical (unpaired) electrons. The van der Waals surface area contributed by atoms with Crippen LogP contribution >= 0.6 is 0 Å². The van der Waals surface area contributed by atoms with Gasteiger partial charge in [0.05, 0.1) is 0 Å². The van der Waals surface area contributed by atoms with Crippen molar-refractivity contribution in [2.45, 2.75) is 39.2 Å². The quantitative estimate of drug-likeness (QED) is 0.675. The van der Waals surface area contributed by atoms with Crippen LogP contribution in [0.5, 0.6) is 0 Å². The highest BCUT2D eigenvalue weighted by Gasteiger charge is 2.31. The predicted molar refractivity (Wildman–Crippen MR) is 71.3 cm³/mol. The minimum absolute atomic E-state index is 0.0998. The van der Waals surface area contributed by atoms with Gasteiger partial charge < -0.3 is 20.4 Å². The Morgan fingerprint density at radius 3 is 2.20 bits per heavy atom. The summed E-state index contributed by atoms with van der Waals surface area (Å²) in [4.78, 5) is 35.1. The van der Waals surface area contributed by atoms with Gasteiger partial charge in [-0.05, 0) is 24.7 Å². The summed E-state index contributed by atoms with van der Waals surface area (Å²) >= 11 is 0. The summed E-state index contributed by atoms with van der Waals surface area (Å²) in [6.07, 6.45) is 0.239. The number of nitrogens with one attached hydrogen (secondary N) is 1. The number of amides is 2. The van der Waals surface area contributed by atoms with E-state index in [2.05, 4.69) is 19.2 Å². The molecule has 114 valence electrons. The highest BCUT2D eigenvalue weighted by Crippen LogP contribution is 2.22. The first kappa shape index (κ1) is 16.3. The van der Waals surface area contributed by atoms with E-state index >= 15 is 0 Å². The predicted octanol–water partition coefficient (Wildman–Crippen LogP) is 0.992. The summed E-state index contributed by atoms with van der Waals surface area (Å²) in [5.74, 6) is -1.31. The van der Waals surface area contributed by atoms with Crippen LogP contribution in [-0.2, 0) is 9.59 Å². The van der Waals surface area contributed by atoms with Gasteiger partial charge in [0.2, 0.25) is 0 Å². The van der Waals surface area contributed by atoms with E-state index in [0.29, 0.717) is 24.9 Å². The molecule has 7 nitrogen and oxygen atoms in total. The highest BCUT2D eigenvalue weighted by atomic mass is 16.4. The number of carbonyl (C=O) groups excluding carboxylic acids is 1. The van der Waals surface area contributed by atoms with Gasteiger partial charge in [-0.1, -0.05) is 13.8 Å². The number of urea groups is 1. The fourth-order valence-corrected chi connectivity index (χ4v) is 2.25. The van der Waals surface area contributed by atoms with Crippen molar-refractivity contribution in [3.05, 3.63) is 0 Å². The van der Waals surface area contributed by atoms with Gasteiger partial charge in [0.25, 0.3) is 0 Å². The van der Waals surface area contributed by atoms with Crippen LogP contribution in [0.3, 0.4) is 0 Å². The first-order valence-electron chi connectivity index (χ1n) is 6.81. The number of aliphatic carboxylic acids is 2. The molecular weight excluding hydrogens is 264 g/mol. The molecule has 1 aliphatic rings. The molecule has 20 heavy (non-hydrogen) atoms. The fraction of sp³-hybridized carbons (Fsp3) is 0.769. The normalized spacial score (nSPS) is 23.4. The van der Waals surface area contributed by atoms with Gasteiger partial charge in [0, 0.05) is 19.5 Å². The minimum Gasteiger partial charge on any atom is -0.481 e. The van der Waals surface area contributed by atoms with Crippen LogP contribution in [0.15, 0.2) is 0 Å². The van der Waals surface area contributed by atoms with Crippen molar-refractivity contribution in [3.63, 3.8) is 0 Å². The van der Waals surface area contributed by atoms with E-state index in [1.165, 1.54) is 0 Å². The Bertz CT molecular complexity index is 375. The zero-order chi connectivity index (χ0) is 15.3. The maximum Gasteiger partial charge on any atom is 0.326 e. The van der Waals surface area contributed by atoms with Gasteiger partial charge in [-0.2, -0.15) is 0 Å². The summed E-state index contributed by atoms with van der Waals surface area (Å²) in [7, 11) is 0. The van der Waals surface area contributed by atoms with Gasteiger partial charge in [-0.15, -0.1) is 0 Å². The third kappa shape index (κ3) is 4.71. The maximum absolute atomic E-state index is 12.0. The van der Waals surface area contributed by atoms with Crippen LogP contribution in [0.25, 0.3) is 0 Å². The lowest BCUT2D eigenvalue weighted by Gasteiger charge is -2.20. The second-order valence-electron chi connectivity index (χ2n) is 5.49. The van der Waals surface area contributed by atoms with Crippen LogP contribution in [-0.4, -0.2) is 52.2 Å². The summed E-state index contributed by atoms with van der Waals surface area (Å²) in [5.41, 5.74) is 0. The molecule has 1 saturated heterocycles. The Labute approximate surface area is 117 Å². The maximum atomic E-state index is 12.0. The number of hydrogen-bond donors (Lipinski definition) is 3. The lowest BCUT2D eigenvalue weighted by Crippen LogP contribution is -2.47. The Kier molecular flexibility index (Phi) is 5.79. The number of carbonyl (C=O) groups is 3. The molecule has 7 heteroatoms. The Morgan fingerprint density at radius 1 is 1.20 bits per heavy atom. The zero-order valence-corrected chi connectivity index (χ0v) is 11.8. The van der Waals surface area contributed by atoms with Crippen molar-refractivity contribution in [2.75, 3.05) is 13.1 Å². The van der Waals surface area contributed by atoms with Gasteiger partial charge >= 0.3 is 18.0 Å². The smallest absolute Gasteiger partial charge is 0.326 e. The van der Waals surface area contributed by atoms with Crippen molar-refractivity contribution in [1.82, 2.24) is 10.2 Å². The number of rotatable bonds is 6. The average Bonchev–Trinajstić information content (AvgIpc) is 2.67. The third-order valence-electron chi connectivity index (χ3n) is 3.75. The Morgan fingerprint density at radius 2 is 1.75 bits per heavy atom. The van der Waals surface area contributed by atoms with Crippen molar-refractivity contribution in [1.29, 1.82) is 0 Å². The fourth-order valence-electron chi connectivity index (χ4n) is 2.25. The van der Waals surface area contributed by atoms with Crippen LogP contribution in [0.1, 0.15) is 33.1 Å². The van der Waals surface area contributed by atoms with Crippen molar-refractivity contribution < 1.29 is 24.6 Å². The number of nitrogens with zero attached hydrogens (tertiary/aromatic N) is 1. The molecule has 0 aromatic carbocycles. The molecule has 1 fully saturated rings. The van der Waals surface area contributed by atoms with Gasteiger partial charge in [-0.3, -0.25) is 4.79 Å². The monoisotopic (exact) mass is 286 g/mol. The van der Waals surface area contributed by atoms with Gasteiger partial charge in [-0.25, -0.2) is 9.59 Å². The second kappa shape index (κ2) is 7.12. The highest BCUT2D eigenvalue weighted by molar-refractivity contribution is 5.82. The first-order valence-corrected chi connectivity index (χ1v) is 6.81. The van der Waals surface area contributed by atoms with E-state index in [1.807, 2.05) is 0 Å². The van der Waals surface area contributed by atoms with Crippen molar-refractivity contribution in [3.8, 4) is 0 Å². The molecule has 1 rings (SSSR count). The summed E-state index contributed by atoms with van der Waals surface area (Å²) < 4.78 is 0. The summed E-state index contributed by atoms with van der Waals surface area (Å²) in [5, 5.41) is 20.1. The van der Waals surface area contributed by atoms with Crippen LogP contribution in [0.4, 0.5) is 4.79 Å². The van der Waals surface area contributed by atoms with E-state index in [9.17, 15) is 14.4 Å². The van der Waals surface area contributed by atoms with E-state index < -0.39 is 18.0 Å². The molecule has 0 bridgehead atoms. The molecule has 2 amide bonds. The molecule has 0 spiro atoms. The molecule has 1 heterocycles. The van der Waals surface area contributed by atoms with Gasteiger partial charge in [0.15, 0.2) is 0 Å². The molecular formula is C13H22N2O5. The molecule has 3 N–H and O–H groups in total. The zero-order valence-electron chi connectivity index (χ0n) is 11.8. The molecule has 1 aliphatic heterocycles. The van der Waals surface area contributed by atoms with Gasteiger partial charge in [0.1, 0.15) is 6.04 Å². The lowest BCUT2D eigenvalue weighted by molar-refractivity contribution is -0.140. The second-order valence-corrected chi connectivity index (χ2v) is 5.49. The van der Waals surface area contributed by atoms with E-state index in [4.69, 9.17) is 10.2 Å². The first-order chi connectivity index (χ1) is 9.31. The summed E-state index contributed by atoms with van der Waals surface area (Å²) in [6.45, 7) is 5.35. The largest absolute Gasteiger partial charge is 0.481 e. The molecule has 2 unspecified atom stereocenters. The Balaban J connectivity index is 2.47. The number of carboxylic acids is 2. The number of carboxylic acid groups (broad SMARTS) is 2. The average molecular weight is 286 g/mol. The van der Waals surface area contributed by atoms with Crippen molar-refractivity contribution >= 4 is 18.0 Å². The third-order valence-corrected chi connectivity index (χ3v) is 3.75. The lowest BCUT2D eigenvalue weighted by atomic mass is 10.0. The molecule has 3 atom stereocenters. The molecule has 0 aromatic rings. The molecule has 0 saturated carbocycles. The molecule has 0 aromatic heterocycles. The molecule has 0 aliphatic carbocycles. The minimum atomic E-state index is -1.14. The van der Waals surface area contributed by atoms with E-state index in [-0.39, 0.29) is 25.3 Å². The standard InChI is InChI=1S/C13H22N2O5/c1-8-6-15(7-9(8)2)13(20)14-10(12(18)19)4-3-5-11(16)17/h8-10H,3-7H2,1-2H3,(H,14,20)(H,16,17)(H,18,19)/t8?,9?,10-/m1/s1. The van der Waals surface area contributed by atoms with E-state index in [1.54, 1.807) is 4.90 Å². The van der Waals surface area contributed by atoms with Crippen molar-refractivity contribution in [2.24, 2.45) is 11.8 Å². The van der Waals surface area contributed by atoms with Crippen LogP contribution in [0.2, 0.25) is 0 Å². The summed E-state index contributed by atoms with van der Waals surface area (Å²) in [6, 6.07) is -1.42. The van der Waals surface area contributed by atoms with E-state index in [0.717, 1.165) is 0 Å². The van der Waals surface area contributed by atoms with Crippen LogP contribution in [0, 0.1) is 11.8 Å². The SMILES string of the molecule is CC1CN(C(=O)N[C@H](CCCC(=O)O)C(=O)O)CC1C.